The number of aromatic amines is 1. The molecular formula is C10H12N4O2S. The first-order valence-electron chi connectivity index (χ1n) is 5.38. The quantitative estimate of drug-likeness (QED) is 0.820. The SMILES string of the molecule is COc1ncnc2c1[nH]c(=S)n2C1CCOC1. The van der Waals surface area contributed by atoms with E-state index in [0.717, 1.165) is 24.2 Å². The Kier molecular flexibility index (Phi) is 2.56. The number of imidazole rings is 1. The number of fused-ring (bicyclic) bond motifs is 1. The van der Waals surface area contributed by atoms with Crippen LogP contribution in [0.2, 0.25) is 0 Å². The molecule has 1 aliphatic rings. The van der Waals surface area contributed by atoms with Gasteiger partial charge in [-0.05, 0) is 18.6 Å². The van der Waals surface area contributed by atoms with Gasteiger partial charge in [-0.15, -0.1) is 0 Å². The third-order valence-electron chi connectivity index (χ3n) is 2.94. The molecule has 0 amide bonds. The van der Waals surface area contributed by atoms with E-state index in [1.54, 1.807) is 7.11 Å². The van der Waals surface area contributed by atoms with Crippen molar-refractivity contribution >= 4 is 23.4 Å². The van der Waals surface area contributed by atoms with Crippen LogP contribution in [-0.2, 0) is 4.74 Å². The first-order chi connectivity index (χ1) is 8.31. The molecule has 3 rings (SSSR count). The third kappa shape index (κ3) is 1.62. The smallest absolute Gasteiger partial charge is 0.242 e. The van der Waals surface area contributed by atoms with Gasteiger partial charge in [-0.3, -0.25) is 4.57 Å². The summed E-state index contributed by atoms with van der Waals surface area (Å²) in [5.74, 6) is 0.513. The Balaban J connectivity index is 2.24. The summed E-state index contributed by atoms with van der Waals surface area (Å²) in [4.78, 5) is 11.4. The molecule has 1 saturated heterocycles. The van der Waals surface area contributed by atoms with E-state index in [2.05, 4.69) is 15.0 Å². The largest absolute Gasteiger partial charge is 0.479 e. The minimum Gasteiger partial charge on any atom is -0.479 e. The summed E-state index contributed by atoms with van der Waals surface area (Å²) in [6.07, 6.45) is 2.43. The first-order valence-corrected chi connectivity index (χ1v) is 5.79. The number of hydrogen-bond acceptors (Lipinski definition) is 5. The Morgan fingerprint density at radius 1 is 1.59 bits per heavy atom. The van der Waals surface area contributed by atoms with Crippen molar-refractivity contribution in [1.82, 2.24) is 19.5 Å². The number of ether oxygens (including phenoxy) is 2. The molecule has 2 aromatic rings. The lowest BCUT2D eigenvalue weighted by atomic mass is 10.2. The monoisotopic (exact) mass is 252 g/mol. The number of H-pyrrole nitrogens is 1. The van der Waals surface area contributed by atoms with E-state index in [1.165, 1.54) is 6.33 Å². The standard InChI is InChI=1S/C10H12N4O2S/c1-15-9-7-8(11-5-12-9)14(10(17)13-7)6-2-3-16-4-6/h5-6H,2-4H2,1H3,(H,13,17). The normalized spacial score (nSPS) is 19.9. The van der Waals surface area contributed by atoms with Crippen LogP contribution in [0.4, 0.5) is 0 Å². The Morgan fingerprint density at radius 3 is 3.18 bits per heavy atom. The Bertz CT molecular complexity index is 600. The molecule has 2 aromatic heterocycles. The molecule has 0 aliphatic carbocycles. The van der Waals surface area contributed by atoms with E-state index in [9.17, 15) is 0 Å². The van der Waals surface area contributed by atoms with Gasteiger partial charge < -0.3 is 14.5 Å². The minimum atomic E-state index is 0.246. The highest BCUT2D eigenvalue weighted by molar-refractivity contribution is 7.71. The van der Waals surface area contributed by atoms with Gasteiger partial charge in [-0.1, -0.05) is 0 Å². The topological polar surface area (TPSA) is 65.0 Å². The molecule has 1 aliphatic heterocycles. The lowest BCUT2D eigenvalue weighted by Crippen LogP contribution is -2.09. The fourth-order valence-electron chi connectivity index (χ4n) is 2.14. The van der Waals surface area contributed by atoms with Gasteiger partial charge in [0.2, 0.25) is 5.88 Å². The van der Waals surface area contributed by atoms with Crippen LogP contribution in [0.25, 0.3) is 11.2 Å². The zero-order valence-electron chi connectivity index (χ0n) is 9.34. The van der Waals surface area contributed by atoms with Crippen molar-refractivity contribution in [2.45, 2.75) is 12.5 Å². The molecule has 1 atom stereocenters. The van der Waals surface area contributed by atoms with Gasteiger partial charge in [0.1, 0.15) is 11.8 Å². The van der Waals surface area contributed by atoms with Crippen molar-refractivity contribution in [3.05, 3.63) is 11.1 Å². The number of rotatable bonds is 2. The van der Waals surface area contributed by atoms with Crippen LogP contribution < -0.4 is 4.74 Å². The molecule has 3 heterocycles. The van der Waals surface area contributed by atoms with Crippen LogP contribution in [0, 0.1) is 4.77 Å². The molecule has 1 N–H and O–H groups in total. The summed E-state index contributed by atoms with van der Waals surface area (Å²) < 4.78 is 13.2. The highest BCUT2D eigenvalue weighted by Crippen LogP contribution is 2.26. The number of methoxy groups -OCH3 is 1. The van der Waals surface area contributed by atoms with E-state index in [1.807, 2.05) is 4.57 Å². The summed E-state index contributed by atoms with van der Waals surface area (Å²) in [5.41, 5.74) is 1.52. The maximum Gasteiger partial charge on any atom is 0.242 e. The fourth-order valence-corrected chi connectivity index (χ4v) is 2.47. The Labute approximate surface area is 103 Å². The molecule has 1 fully saturated rings. The molecule has 0 saturated carbocycles. The molecule has 90 valence electrons. The summed E-state index contributed by atoms with van der Waals surface area (Å²) in [6, 6.07) is 0.246. The summed E-state index contributed by atoms with van der Waals surface area (Å²) in [6.45, 7) is 1.44. The van der Waals surface area contributed by atoms with E-state index < -0.39 is 0 Å². The van der Waals surface area contributed by atoms with Crippen LogP contribution in [0.15, 0.2) is 6.33 Å². The second kappa shape index (κ2) is 4.08. The second-order valence-corrected chi connectivity index (χ2v) is 4.29. The Hall–Kier alpha value is -1.47. The predicted octanol–water partition coefficient (Wildman–Crippen LogP) is 1.46. The van der Waals surface area contributed by atoms with Crippen LogP contribution in [-0.4, -0.2) is 39.8 Å². The van der Waals surface area contributed by atoms with E-state index in [4.69, 9.17) is 21.7 Å². The molecule has 7 heteroatoms. The molecule has 6 nitrogen and oxygen atoms in total. The maximum absolute atomic E-state index is 5.39. The zero-order chi connectivity index (χ0) is 11.8. The molecule has 1 unspecified atom stereocenters. The van der Waals surface area contributed by atoms with Crippen molar-refractivity contribution in [2.24, 2.45) is 0 Å². The lowest BCUT2D eigenvalue weighted by Gasteiger charge is -2.09. The van der Waals surface area contributed by atoms with Gasteiger partial charge in [0.15, 0.2) is 10.4 Å². The summed E-state index contributed by atoms with van der Waals surface area (Å²) in [7, 11) is 1.58. The average molecular weight is 252 g/mol. The van der Waals surface area contributed by atoms with Crippen LogP contribution in [0.1, 0.15) is 12.5 Å². The molecular weight excluding hydrogens is 240 g/mol. The van der Waals surface area contributed by atoms with E-state index >= 15 is 0 Å². The van der Waals surface area contributed by atoms with Crippen molar-refractivity contribution < 1.29 is 9.47 Å². The zero-order valence-corrected chi connectivity index (χ0v) is 10.2. The minimum absolute atomic E-state index is 0.246. The second-order valence-electron chi connectivity index (χ2n) is 3.90. The molecule has 17 heavy (non-hydrogen) atoms. The number of aromatic nitrogens is 4. The van der Waals surface area contributed by atoms with Gasteiger partial charge >= 0.3 is 0 Å². The van der Waals surface area contributed by atoms with Crippen LogP contribution >= 0.6 is 12.2 Å². The molecule has 0 aromatic carbocycles. The highest BCUT2D eigenvalue weighted by Gasteiger charge is 2.22. The van der Waals surface area contributed by atoms with Gasteiger partial charge in [-0.25, -0.2) is 4.98 Å². The summed E-state index contributed by atoms with van der Waals surface area (Å²) >= 11 is 5.33. The van der Waals surface area contributed by atoms with Crippen molar-refractivity contribution in [3.63, 3.8) is 0 Å². The van der Waals surface area contributed by atoms with Gasteiger partial charge in [0, 0.05) is 6.61 Å². The van der Waals surface area contributed by atoms with E-state index in [0.29, 0.717) is 17.3 Å². The third-order valence-corrected chi connectivity index (χ3v) is 3.23. The number of hydrogen-bond donors (Lipinski definition) is 1. The van der Waals surface area contributed by atoms with Crippen molar-refractivity contribution in [1.29, 1.82) is 0 Å². The Morgan fingerprint density at radius 2 is 2.47 bits per heavy atom. The van der Waals surface area contributed by atoms with Gasteiger partial charge in [-0.2, -0.15) is 4.98 Å². The maximum atomic E-state index is 5.39. The molecule has 0 radical (unpaired) electrons. The fraction of sp³-hybridized carbons (Fsp3) is 0.500. The predicted molar refractivity (Wildman–Crippen MR) is 63.7 cm³/mol. The van der Waals surface area contributed by atoms with Crippen LogP contribution in [0.3, 0.4) is 0 Å². The molecule has 0 spiro atoms. The summed E-state index contributed by atoms with van der Waals surface area (Å²) in [5, 5.41) is 0. The van der Waals surface area contributed by atoms with Crippen molar-refractivity contribution in [3.8, 4) is 5.88 Å². The van der Waals surface area contributed by atoms with Gasteiger partial charge in [0.05, 0.1) is 19.8 Å². The van der Waals surface area contributed by atoms with Crippen molar-refractivity contribution in [2.75, 3.05) is 20.3 Å². The molecule has 0 bridgehead atoms. The van der Waals surface area contributed by atoms with E-state index in [-0.39, 0.29) is 6.04 Å². The number of nitrogens with zero attached hydrogens (tertiary/aromatic N) is 3. The highest BCUT2D eigenvalue weighted by atomic mass is 32.1. The average Bonchev–Trinajstić information content (AvgIpc) is 2.93. The van der Waals surface area contributed by atoms with Gasteiger partial charge in [0.25, 0.3) is 0 Å². The lowest BCUT2D eigenvalue weighted by molar-refractivity contribution is 0.187. The number of nitrogens with one attached hydrogen (secondary N) is 1. The first kappa shape index (κ1) is 10.7. The van der Waals surface area contributed by atoms with Crippen LogP contribution in [0.5, 0.6) is 5.88 Å².